The van der Waals surface area contributed by atoms with Crippen molar-refractivity contribution in [3.8, 4) is 11.5 Å². The first-order valence-electron chi connectivity index (χ1n) is 7.96. The summed E-state index contributed by atoms with van der Waals surface area (Å²) in [5.41, 5.74) is 1.78. The molecule has 0 aliphatic carbocycles. The molecule has 0 aliphatic heterocycles. The van der Waals surface area contributed by atoms with Crippen molar-refractivity contribution in [3.63, 3.8) is 0 Å². The Morgan fingerprint density at radius 2 is 1.88 bits per heavy atom. The van der Waals surface area contributed by atoms with Crippen molar-refractivity contribution in [2.75, 3.05) is 5.32 Å². The van der Waals surface area contributed by atoms with Crippen LogP contribution in [0.2, 0.25) is 0 Å². The fourth-order valence-corrected chi connectivity index (χ4v) is 4.02. The van der Waals surface area contributed by atoms with Crippen LogP contribution >= 0.6 is 11.3 Å². The first kappa shape index (κ1) is 15.7. The number of hydrogen-bond donors (Lipinski definition) is 3. The van der Waals surface area contributed by atoms with Gasteiger partial charge < -0.3 is 15.5 Å². The van der Waals surface area contributed by atoms with Gasteiger partial charge in [0.1, 0.15) is 11.6 Å². The zero-order valence-electron chi connectivity index (χ0n) is 13.8. The molecule has 4 aromatic rings. The quantitative estimate of drug-likeness (QED) is 0.465. The maximum absolute atomic E-state index is 9.84. The van der Waals surface area contributed by atoms with Gasteiger partial charge in [0.25, 0.3) is 0 Å². The van der Waals surface area contributed by atoms with Gasteiger partial charge in [0.2, 0.25) is 0 Å². The first-order valence-corrected chi connectivity index (χ1v) is 8.84. The highest BCUT2D eigenvalue weighted by molar-refractivity contribution is 7.17. The third-order valence-electron chi connectivity index (χ3n) is 4.23. The van der Waals surface area contributed by atoms with Crippen LogP contribution in [0.4, 0.5) is 5.82 Å². The Labute approximate surface area is 148 Å². The zero-order chi connectivity index (χ0) is 17.6. The number of aryl methyl sites for hydroxylation is 1. The fourth-order valence-electron chi connectivity index (χ4n) is 3.02. The predicted molar refractivity (Wildman–Crippen MR) is 101 cm³/mol. The van der Waals surface area contributed by atoms with Gasteiger partial charge in [-0.15, -0.1) is 11.3 Å². The van der Waals surface area contributed by atoms with Crippen LogP contribution in [0.15, 0.2) is 41.8 Å². The lowest BCUT2D eigenvalue weighted by molar-refractivity contribution is 0.405. The van der Waals surface area contributed by atoms with Gasteiger partial charge in [-0.1, -0.05) is 18.2 Å². The summed E-state index contributed by atoms with van der Waals surface area (Å²) in [4.78, 5) is 8.83. The number of aromatic hydroxyl groups is 2. The molecule has 2 heterocycles. The van der Waals surface area contributed by atoms with Crippen molar-refractivity contribution < 1.29 is 10.2 Å². The second-order valence-electron chi connectivity index (χ2n) is 6.03. The van der Waals surface area contributed by atoms with Crippen LogP contribution in [0.1, 0.15) is 24.4 Å². The van der Waals surface area contributed by atoms with Gasteiger partial charge in [-0.2, -0.15) is 0 Å². The number of rotatable bonds is 3. The average Bonchev–Trinajstić information content (AvgIpc) is 3.05. The van der Waals surface area contributed by atoms with Crippen molar-refractivity contribution >= 4 is 38.1 Å². The SMILES string of the molecule is Cc1nc(NC(C)c2cccc3ccsc23)c2cc(O)c(O)cc2n1. The molecular formula is C19H17N3O2S. The van der Waals surface area contributed by atoms with E-state index in [9.17, 15) is 10.2 Å². The van der Waals surface area contributed by atoms with Gasteiger partial charge in [0, 0.05) is 16.2 Å². The molecule has 126 valence electrons. The molecule has 25 heavy (non-hydrogen) atoms. The molecule has 2 aromatic carbocycles. The minimum atomic E-state index is -0.187. The lowest BCUT2D eigenvalue weighted by Crippen LogP contribution is -2.09. The number of phenolic OH excluding ortho intramolecular Hbond substituents is 2. The third kappa shape index (κ3) is 2.74. The summed E-state index contributed by atoms with van der Waals surface area (Å²) in [6, 6.07) is 11.3. The molecule has 1 unspecified atom stereocenters. The average molecular weight is 351 g/mol. The van der Waals surface area contributed by atoms with Crippen LogP contribution in [0.3, 0.4) is 0 Å². The Hall–Kier alpha value is -2.86. The van der Waals surface area contributed by atoms with Crippen LogP contribution in [0, 0.1) is 6.92 Å². The van der Waals surface area contributed by atoms with Crippen molar-refractivity contribution in [3.05, 3.63) is 53.2 Å². The summed E-state index contributed by atoms with van der Waals surface area (Å²) in [6.45, 7) is 3.89. The lowest BCUT2D eigenvalue weighted by atomic mass is 10.1. The highest BCUT2D eigenvalue weighted by atomic mass is 32.1. The van der Waals surface area contributed by atoms with E-state index in [1.807, 2.05) is 0 Å². The Kier molecular flexibility index (Phi) is 3.69. The van der Waals surface area contributed by atoms with Gasteiger partial charge >= 0.3 is 0 Å². The van der Waals surface area contributed by atoms with Crippen molar-refractivity contribution in [2.45, 2.75) is 19.9 Å². The Bertz CT molecular complexity index is 1090. The molecular weight excluding hydrogens is 334 g/mol. The second kappa shape index (κ2) is 5.89. The highest BCUT2D eigenvalue weighted by Crippen LogP contribution is 2.35. The number of fused-ring (bicyclic) bond motifs is 2. The molecule has 5 nitrogen and oxygen atoms in total. The Morgan fingerprint density at radius 1 is 1.08 bits per heavy atom. The number of phenols is 2. The van der Waals surface area contributed by atoms with E-state index in [2.05, 4.69) is 51.9 Å². The monoisotopic (exact) mass is 351 g/mol. The van der Waals surface area contributed by atoms with Crippen LogP contribution < -0.4 is 5.32 Å². The van der Waals surface area contributed by atoms with E-state index in [4.69, 9.17) is 0 Å². The minimum absolute atomic E-state index is 0.0239. The first-order chi connectivity index (χ1) is 12.0. The van der Waals surface area contributed by atoms with Crippen molar-refractivity contribution in [2.24, 2.45) is 0 Å². The zero-order valence-corrected chi connectivity index (χ0v) is 14.6. The van der Waals surface area contributed by atoms with Crippen LogP contribution in [-0.2, 0) is 0 Å². The molecule has 2 aromatic heterocycles. The maximum atomic E-state index is 9.84. The van der Waals surface area contributed by atoms with E-state index < -0.39 is 0 Å². The molecule has 1 atom stereocenters. The highest BCUT2D eigenvalue weighted by Gasteiger charge is 2.15. The summed E-state index contributed by atoms with van der Waals surface area (Å²) in [6.07, 6.45) is 0. The lowest BCUT2D eigenvalue weighted by Gasteiger charge is -2.18. The van der Waals surface area contributed by atoms with E-state index >= 15 is 0 Å². The van der Waals surface area contributed by atoms with E-state index in [1.54, 1.807) is 18.3 Å². The second-order valence-corrected chi connectivity index (χ2v) is 6.95. The molecule has 0 amide bonds. The topological polar surface area (TPSA) is 78.3 Å². The number of benzene rings is 2. The van der Waals surface area contributed by atoms with E-state index in [0.29, 0.717) is 22.5 Å². The van der Waals surface area contributed by atoms with Crippen LogP contribution in [0.5, 0.6) is 11.5 Å². The van der Waals surface area contributed by atoms with Crippen molar-refractivity contribution in [1.82, 2.24) is 9.97 Å². The summed E-state index contributed by atoms with van der Waals surface area (Å²) < 4.78 is 1.25. The Balaban J connectivity index is 1.80. The molecule has 0 saturated carbocycles. The summed E-state index contributed by atoms with van der Waals surface area (Å²) >= 11 is 1.72. The van der Waals surface area contributed by atoms with E-state index in [1.165, 1.54) is 27.8 Å². The van der Waals surface area contributed by atoms with Gasteiger partial charge in [0.15, 0.2) is 11.5 Å². The van der Waals surface area contributed by atoms with Gasteiger partial charge in [-0.25, -0.2) is 9.97 Å². The van der Waals surface area contributed by atoms with Crippen LogP contribution in [0.25, 0.3) is 21.0 Å². The van der Waals surface area contributed by atoms with Crippen molar-refractivity contribution in [1.29, 1.82) is 0 Å². The standard InChI is InChI=1S/C19H17N3O2S/c1-10(13-5-3-4-12-6-7-25-18(12)13)20-19-14-8-16(23)17(24)9-15(14)21-11(2)22-19/h3-10,23-24H,1-2H3,(H,20,21,22). The van der Waals surface area contributed by atoms with Gasteiger partial charge in [-0.05, 0) is 42.3 Å². The van der Waals surface area contributed by atoms with E-state index in [0.717, 1.165) is 0 Å². The number of nitrogens with one attached hydrogen (secondary N) is 1. The minimum Gasteiger partial charge on any atom is -0.504 e. The van der Waals surface area contributed by atoms with Gasteiger partial charge in [0.05, 0.1) is 11.6 Å². The Morgan fingerprint density at radius 3 is 2.72 bits per heavy atom. The van der Waals surface area contributed by atoms with Crippen LogP contribution in [-0.4, -0.2) is 20.2 Å². The number of hydrogen-bond acceptors (Lipinski definition) is 6. The largest absolute Gasteiger partial charge is 0.504 e. The smallest absolute Gasteiger partial charge is 0.159 e. The molecule has 3 N–H and O–H groups in total. The molecule has 0 aliphatic rings. The molecule has 0 bridgehead atoms. The molecule has 6 heteroatoms. The molecule has 4 rings (SSSR count). The predicted octanol–water partition coefficient (Wildman–Crippen LogP) is 4.74. The third-order valence-corrected chi connectivity index (χ3v) is 5.21. The molecule has 0 fully saturated rings. The number of anilines is 1. The number of thiophene rings is 1. The summed E-state index contributed by atoms with van der Waals surface area (Å²) in [5, 5.41) is 27.0. The van der Waals surface area contributed by atoms with E-state index in [-0.39, 0.29) is 17.5 Å². The molecule has 0 saturated heterocycles. The molecule has 0 radical (unpaired) electrons. The summed E-state index contributed by atoms with van der Waals surface area (Å²) in [7, 11) is 0. The van der Waals surface area contributed by atoms with Gasteiger partial charge in [-0.3, -0.25) is 0 Å². The maximum Gasteiger partial charge on any atom is 0.159 e. The normalized spacial score (nSPS) is 12.6. The summed E-state index contributed by atoms with van der Waals surface area (Å²) in [5.74, 6) is 0.865. The number of nitrogens with zero attached hydrogens (tertiary/aromatic N) is 2. The fraction of sp³-hybridized carbons (Fsp3) is 0.158. The molecule has 0 spiro atoms. The number of aromatic nitrogens is 2.